The van der Waals surface area contributed by atoms with E-state index in [2.05, 4.69) is 10.4 Å². The normalized spacial score (nSPS) is 17.3. The van der Waals surface area contributed by atoms with Crippen LogP contribution in [0.4, 0.5) is 5.69 Å². The Labute approximate surface area is 135 Å². The van der Waals surface area contributed by atoms with Crippen molar-refractivity contribution in [2.45, 2.75) is 25.3 Å². The number of aromatic nitrogens is 2. The van der Waals surface area contributed by atoms with Crippen molar-refractivity contribution in [1.29, 1.82) is 0 Å². The molecular weight excluding hydrogens is 292 g/mol. The summed E-state index contributed by atoms with van der Waals surface area (Å²) in [5.41, 5.74) is 1.62. The number of benzene rings is 1. The van der Waals surface area contributed by atoms with Gasteiger partial charge in [0.25, 0.3) is 0 Å². The molecule has 1 aromatic carbocycles. The lowest BCUT2D eigenvalue weighted by molar-refractivity contribution is -0.136. The molecule has 0 saturated carbocycles. The van der Waals surface area contributed by atoms with Crippen molar-refractivity contribution < 1.29 is 9.59 Å². The van der Waals surface area contributed by atoms with E-state index in [4.69, 9.17) is 0 Å². The lowest BCUT2D eigenvalue weighted by Crippen LogP contribution is -2.43. The van der Waals surface area contributed by atoms with Crippen molar-refractivity contribution in [2.24, 2.45) is 7.05 Å². The standard InChI is InChI=1S/C17H20N4O2/c1-20-12-14(11-18-20)19-17(23)15-8-5-9-21(15)16(22)10-13-6-3-2-4-7-13/h2-4,6-7,11-12,15H,5,8-10H2,1H3,(H,19,23)/t15-/m1/s1. The van der Waals surface area contributed by atoms with E-state index < -0.39 is 6.04 Å². The highest BCUT2D eigenvalue weighted by atomic mass is 16.2. The van der Waals surface area contributed by atoms with Gasteiger partial charge in [-0.25, -0.2) is 0 Å². The summed E-state index contributed by atoms with van der Waals surface area (Å²) in [6.07, 6.45) is 5.22. The van der Waals surface area contributed by atoms with Crippen molar-refractivity contribution in [3.8, 4) is 0 Å². The van der Waals surface area contributed by atoms with Gasteiger partial charge in [-0.2, -0.15) is 5.10 Å². The van der Waals surface area contributed by atoms with Gasteiger partial charge >= 0.3 is 0 Å². The Morgan fingerprint density at radius 3 is 2.78 bits per heavy atom. The maximum Gasteiger partial charge on any atom is 0.247 e. The first-order valence-corrected chi connectivity index (χ1v) is 7.76. The summed E-state index contributed by atoms with van der Waals surface area (Å²) in [5.74, 6) is -0.142. The Hall–Kier alpha value is -2.63. The molecule has 23 heavy (non-hydrogen) atoms. The second-order valence-corrected chi connectivity index (χ2v) is 5.80. The van der Waals surface area contributed by atoms with Crippen molar-refractivity contribution in [1.82, 2.24) is 14.7 Å². The number of rotatable bonds is 4. The summed E-state index contributed by atoms with van der Waals surface area (Å²) in [5, 5.41) is 6.86. The molecule has 0 unspecified atom stereocenters. The highest BCUT2D eigenvalue weighted by Crippen LogP contribution is 2.20. The van der Waals surface area contributed by atoms with Crippen LogP contribution in [0.1, 0.15) is 18.4 Å². The zero-order valence-electron chi connectivity index (χ0n) is 13.1. The quantitative estimate of drug-likeness (QED) is 0.932. The number of nitrogens with one attached hydrogen (secondary N) is 1. The molecule has 0 aliphatic carbocycles. The molecule has 120 valence electrons. The molecular formula is C17H20N4O2. The smallest absolute Gasteiger partial charge is 0.247 e. The average Bonchev–Trinajstić information content (AvgIpc) is 3.17. The second kappa shape index (κ2) is 6.64. The van der Waals surface area contributed by atoms with E-state index >= 15 is 0 Å². The van der Waals surface area contributed by atoms with Gasteiger partial charge in [-0.3, -0.25) is 14.3 Å². The van der Waals surface area contributed by atoms with E-state index in [1.165, 1.54) is 0 Å². The molecule has 6 nitrogen and oxygen atoms in total. The predicted molar refractivity (Wildman–Crippen MR) is 86.7 cm³/mol. The van der Waals surface area contributed by atoms with Crippen LogP contribution in [0.5, 0.6) is 0 Å². The second-order valence-electron chi connectivity index (χ2n) is 5.80. The van der Waals surface area contributed by atoms with Gasteiger partial charge < -0.3 is 10.2 Å². The van der Waals surface area contributed by atoms with E-state index in [1.54, 1.807) is 29.0 Å². The number of anilines is 1. The average molecular weight is 312 g/mol. The first kappa shape index (κ1) is 15.3. The molecule has 2 amide bonds. The summed E-state index contributed by atoms with van der Waals surface area (Å²) >= 11 is 0. The topological polar surface area (TPSA) is 67.2 Å². The van der Waals surface area contributed by atoms with Gasteiger partial charge in [0.15, 0.2) is 0 Å². The highest BCUT2D eigenvalue weighted by Gasteiger charge is 2.33. The Morgan fingerprint density at radius 2 is 2.09 bits per heavy atom. The number of carbonyl (C=O) groups excluding carboxylic acids is 2. The third kappa shape index (κ3) is 3.59. The van der Waals surface area contributed by atoms with Crippen LogP contribution in [0.2, 0.25) is 0 Å². The van der Waals surface area contributed by atoms with E-state index in [0.29, 0.717) is 25.1 Å². The van der Waals surface area contributed by atoms with E-state index in [-0.39, 0.29) is 11.8 Å². The molecule has 3 rings (SSSR count). The minimum Gasteiger partial charge on any atom is -0.330 e. The lowest BCUT2D eigenvalue weighted by Gasteiger charge is -2.23. The summed E-state index contributed by atoms with van der Waals surface area (Å²) in [6.45, 7) is 0.636. The third-order valence-corrected chi connectivity index (χ3v) is 4.05. The summed E-state index contributed by atoms with van der Waals surface area (Å²) < 4.78 is 1.63. The van der Waals surface area contributed by atoms with Crippen LogP contribution in [0.15, 0.2) is 42.7 Å². The van der Waals surface area contributed by atoms with Gasteiger partial charge in [0.05, 0.1) is 18.3 Å². The zero-order chi connectivity index (χ0) is 16.2. The fourth-order valence-electron chi connectivity index (χ4n) is 2.92. The molecule has 0 bridgehead atoms. The monoisotopic (exact) mass is 312 g/mol. The molecule has 1 aliphatic rings. The minimum absolute atomic E-state index is 0.0000340. The number of aryl methyl sites for hydroxylation is 1. The summed E-state index contributed by atoms with van der Waals surface area (Å²) in [6, 6.07) is 9.22. The number of likely N-dealkylation sites (tertiary alicyclic amines) is 1. The van der Waals surface area contributed by atoms with Crippen molar-refractivity contribution in [2.75, 3.05) is 11.9 Å². The number of nitrogens with zero attached hydrogens (tertiary/aromatic N) is 3. The molecule has 1 N–H and O–H groups in total. The van der Waals surface area contributed by atoms with Crippen LogP contribution < -0.4 is 5.32 Å². The zero-order valence-corrected chi connectivity index (χ0v) is 13.1. The van der Waals surface area contributed by atoms with Gasteiger partial charge in [0, 0.05) is 19.8 Å². The van der Waals surface area contributed by atoms with Crippen LogP contribution in [0.3, 0.4) is 0 Å². The number of amides is 2. The minimum atomic E-state index is -0.397. The Bertz CT molecular complexity index is 696. The third-order valence-electron chi connectivity index (χ3n) is 4.05. The van der Waals surface area contributed by atoms with Crippen LogP contribution in [0, 0.1) is 0 Å². The summed E-state index contributed by atoms with van der Waals surface area (Å²) in [4.78, 5) is 26.7. The predicted octanol–water partition coefficient (Wildman–Crippen LogP) is 1.59. The molecule has 1 fully saturated rings. The Morgan fingerprint density at radius 1 is 1.30 bits per heavy atom. The van der Waals surface area contributed by atoms with Crippen LogP contribution in [0.25, 0.3) is 0 Å². The molecule has 1 atom stereocenters. The maximum absolute atomic E-state index is 12.5. The molecule has 0 spiro atoms. The largest absolute Gasteiger partial charge is 0.330 e. The first-order valence-electron chi connectivity index (χ1n) is 7.76. The lowest BCUT2D eigenvalue weighted by atomic mass is 10.1. The Kier molecular flexibility index (Phi) is 4.41. The van der Waals surface area contributed by atoms with Crippen LogP contribution >= 0.6 is 0 Å². The van der Waals surface area contributed by atoms with Gasteiger partial charge in [-0.05, 0) is 18.4 Å². The van der Waals surface area contributed by atoms with Crippen molar-refractivity contribution in [3.05, 3.63) is 48.3 Å². The van der Waals surface area contributed by atoms with Crippen molar-refractivity contribution >= 4 is 17.5 Å². The fourth-order valence-corrected chi connectivity index (χ4v) is 2.92. The maximum atomic E-state index is 12.5. The number of hydrogen-bond donors (Lipinski definition) is 1. The number of hydrogen-bond acceptors (Lipinski definition) is 3. The first-order chi connectivity index (χ1) is 11.1. The van der Waals surface area contributed by atoms with E-state index in [9.17, 15) is 9.59 Å². The van der Waals surface area contributed by atoms with Crippen LogP contribution in [-0.2, 0) is 23.1 Å². The molecule has 6 heteroatoms. The van der Waals surface area contributed by atoms with Gasteiger partial charge in [0.1, 0.15) is 6.04 Å². The Balaban J connectivity index is 1.64. The summed E-state index contributed by atoms with van der Waals surface area (Å²) in [7, 11) is 1.79. The molecule has 1 saturated heterocycles. The number of carbonyl (C=O) groups is 2. The molecule has 0 radical (unpaired) electrons. The van der Waals surface area contributed by atoms with E-state index in [0.717, 1.165) is 12.0 Å². The molecule has 1 aliphatic heterocycles. The molecule has 1 aromatic heterocycles. The van der Waals surface area contributed by atoms with Crippen molar-refractivity contribution in [3.63, 3.8) is 0 Å². The molecule has 2 aromatic rings. The molecule has 2 heterocycles. The highest BCUT2D eigenvalue weighted by molar-refractivity contribution is 5.97. The van der Waals surface area contributed by atoms with Gasteiger partial charge in [0.2, 0.25) is 11.8 Å². The fraction of sp³-hybridized carbons (Fsp3) is 0.353. The van der Waals surface area contributed by atoms with Gasteiger partial charge in [-0.1, -0.05) is 30.3 Å². The van der Waals surface area contributed by atoms with Crippen LogP contribution in [-0.4, -0.2) is 39.1 Å². The SMILES string of the molecule is Cn1cc(NC(=O)[C@H]2CCCN2C(=O)Cc2ccccc2)cn1. The van der Waals surface area contributed by atoms with E-state index in [1.807, 2.05) is 30.3 Å². The van der Waals surface area contributed by atoms with Gasteiger partial charge in [-0.15, -0.1) is 0 Å².